The van der Waals surface area contributed by atoms with Gasteiger partial charge in [-0.3, -0.25) is 24.4 Å². The van der Waals surface area contributed by atoms with Crippen molar-refractivity contribution in [2.24, 2.45) is 10.9 Å². The van der Waals surface area contributed by atoms with E-state index >= 15 is 0 Å². The van der Waals surface area contributed by atoms with Crippen LogP contribution in [0.2, 0.25) is 0 Å². The van der Waals surface area contributed by atoms with E-state index in [0.717, 1.165) is 10.1 Å². The van der Waals surface area contributed by atoms with Crippen LogP contribution >= 0.6 is 0 Å². The summed E-state index contributed by atoms with van der Waals surface area (Å²) < 4.78 is 33.6. The first kappa shape index (κ1) is 32.6. The molecule has 0 unspecified atom stereocenters. The standard InChI is InChI=1S/C25H35N7O8S/c1-5-31(6-2)22(34)16-39-25(36)28-24(26)29-40-13-12-27-21(33)15-32-18(4)10-11-20(23(32)35)30-41(37,38)19-9-7-8-17(3)14-19/h7-11,14,30H,5-6,12-13,15-16H2,1-4H3,(H,27,33)(H3,26,28,29,36). The summed E-state index contributed by atoms with van der Waals surface area (Å²) in [6, 6.07) is 9.07. The normalized spacial score (nSPS) is 11.4. The Morgan fingerprint density at radius 3 is 2.46 bits per heavy atom. The van der Waals surface area contributed by atoms with Crippen LogP contribution in [-0.4, -0.2) is 74.6 Å². The Morgan fingerprint density at radius 2 is 1.80 bits per heavy atom. The molecule has 5 N–H and O–H groups in total. The van der Waals surface area contributed by atoms with Gasteiger partial charge < -0.3 is 30.1 Å². The first-order valence-electron chi connectivity index (χ1n) is 12.6. The van der Waals surface area contributed by atoms with E-state index in [1.54, 1.807) is 39.8 Å². The summed E-state index contributed by atoms with van der Waals surface area (Å²) in [4.78, 5) is 55.3. The van der Waals surface area contributed by atoms with E-state index in [9.17, 15) is 27.6 Å². The van der Waals surface area contributed by atoms with Crippen LogP contribution in [0, 0.1) is 13.8 Å². The zero-order valence-corrected chi connectivity index (χ0v) is 24.1. The van der Waals surface area contributed by atoms with E-state index in [-0.39, 0.29) is 36.2 Å². The molecule has 16 heteroatoms. The van der Waals surface area contributed by atoms with Crippen molar-refractivity contribution in [1.29, 1.82) is 0 Å². The molecule has 0 saturated carbocycles. The minimum atomic E-state index is -4.02. The van der Waals surface area contributed by atoms with Crippen LogP contribution in [0.4, 0.5) is 10.5 Å². The summed E-state index contributed by atoms with van der Waals surface area (Å²) in [6.45, 7) is 6.91. The number of alkyl carbamates (subject to hydrolysis) is 1. The number of nitrogens with two attached hydrogens (primary N) is 1. The maximum atomic E-state index is 12.9. The number of nitrogens with zero attached hydrogens (tertiary/aromatic N) is 3. The molecule has 0 aliphatic rings. The molecule has 0 atom stereocenters. The molecule has 1 heterocycles. The molecule has 1 aromatic heterocycles. The molecular formula is C25H35N7O8S. The molecule has 0 aliphatic carbocycles. The van der Waals surface area contributed by atoms with E-state index in [0.29, 0.717) is 18.8 Å². The van der Waals surface area contributed by atoms with Crippen molar-refractivity contribution in [1.82, 2.24) is 20.1 Å². The summed E-state index contributed by atoms with van der Waals surface area (Å²) >= 11 is 0. The molecule has 0 aliphatic heterocycles. The van der Waals surface area contributed by atoms with E-state index in [2.05, 4.69) is 20.5 Å². The van der Waals surface area contributed by atoms with Gasteiger partial charge in [0.1, 0.15) is 18.8 Å². The van der Waals surface area contributed by atoms with Crippen molar-refractivity contribution in [3.63, 3.8) is 0 Å². The number of aryl methyl sites for hydroxylation is 2. The molecule has 0 radical (unpaired) electrons. The number of ether oxygens (including phenoxy) is 1. The SMILES string of the molecule is CCN(CC)C(=O)COC(=O)N/C(N)=N/OCCNC(=O)Cn1c(C)ccc(NS(=O)(=O)c2cccc(C)c2)c1=O. The fourth-order valence-electron chi connectivity index (χ4n) is 3.44. The number of likely N-dealkylation sites (N-methyl/N-ethyl adjacent to an activating group) is 1. The van der Waals surface area contributed by atoms with Gasteiger partial charge in [-0.15, -0.1) is 0 Å². The van der Waals surface area contributed by atoms with Gasteiger partial charge in [0.25, 0.3) is 21.5 Å². The maximum Gasteiger partial charge on any atom is 0.414 e. The number of aromatic nitrogens is 1. The van der Waals surface area contributed by atoms with Crippen LogP contribution in [0.3, 0.4) is 0 Å². The Kier molecular flexibility index (Phi) is 12.1. The highest BCUT2D eigenvalue weighted by Crippen LogP contribution is 2.15. The fourth-order valence-corrected chi connectivity index (χ4v) is 4.60. The van der Waals surface area contributed by atoms with Crippen molar-refractivity contribution in [2.45, 2.75) is 39.1 Å². The van der Waals surface area contributed by atoms with Crippen LogP contribution in [0.25, 0.3) is 0 Å². The Balaban J connectivity index is 1.84. The number of hydrogen-bond donors (Lipinski definition) is 4. The second kappa shape index (κ2) is 15.3. The van der Waals surface area contributed by atoms with Gasteiger partial charge in [-0.05, 0) is 62.7 Å². The zero-order chi connectivity index (χ0) is 30.6. The average molecular weight is 594 g/mol. The molecule has 0 saturated heterocycles. The van der Waals surface area contributed by atoms with Gasteiger partial charge in [0.2, 0.25) is 11.9 Å². The van der Waals surface area contributed by atoms with E-state index in [1.807, 2.05) is 0 Å². The molecule has 0 spiro atoms. The summed E-state index contributed by atoms with van der Waals surface area (Å²) in [6.07, 6.45) is -0.993. The van der Waals surface area contributed by atoms with Crippen molar-refractivity contribution < 1.29 is 32.4 Å². The second-order valence-corrected chi connectivity index (χ2v) is 10.3. The van der Waals surface area contributed by atoms with Crippen LogP contribution in [0.15, 0.2) is 51.2 Å². The predicted octanol–water partition coefficient (Wildman–Crippen LogP) is 0.223. The molecule has 2 rings (SSSR count). The molecular weight excluding hydrogens is 558 g/mol. The number of amides is 3. The fraction of sp³-hybridized carbons (Fsp3) is 0.400. The van der Waals surface area contributed by atoms with E-state index in [1.165, 1.54) is 29.2 Å². The van der Waals surface area contributed by atoms with Gasteiger partial charge in [-0.25, -0.2) is 13.2 Å². The molecule has 15 nitrogen and oxygen atoms in total. The number of rotatable bonds is 13. The van der Waals surface area contributed by atoms with Crippen LogP contribution in [0.1, 0.15) is 25.1 Å². The number of sulfonamides is 1. The summed E-state index contributed by atoms with van der Waals surface area (Å²) in [5, 5.41) is 8.07. The molecule has 224 valence electrons. The highest BCUT2D eigenvalue weighted by molar-refractivity contribution is 7.92. The van der Waals surface area contributed by atoms with Gasteiger partial charge in [0.05, 0.1) is 11.4 Å². The Hall–Kier alpha value is -4.60. The summed E-state index contributed by atoms with van der Waals surface area (Å²) in [5.41, 5.74) is 5.79. The van der Waals surface area contributed by atoms with Gasteiger partial charge in [-0.1, -0.05) is 12.1 Å². The molecule has 41 heavy (non-hydrogen) atoms. The predicted molar refractivity (Wildman–Crippen MR) is 150 cm³/mol. The number of carbonyl (C=O) groups excluding carboxylic acids is 3. The number of nitrogens with one attached hydrogen (secondary N) is 3. The lowest BCUT2D eigenvalue weighted by Gasteiger charge is -2.18. The minimum absolute atomic E-state index is 0.00236. The topological polar surface area (TPSA) is 204 Å². The summed E-state index contributed by atoms with van der Waals surface area (Å²) in [5.74, 6) is -1.34. The zero-order valence-electron chi connectivity index (χ0n) is 23.3. The minimum Gasteiger partial charge on any atom is -0.439 e. The Bertz CT molecular complexity index is 1440. The number of carbonyl (C=O) groups is 3. The third-order valence-corrected chi connectivity index (χ3v) is 6.95. The van der Waals surface area contributed by atoms with Crippen LogP contribution in [0.5, 0.6) is 0 Å². The van der Waals surface area contributed by atoms with Gasteiger partial charge >= 0.3 is 6.09 Å². The van der Waals surface area contributed by atoms with E-state index in [4.69, 9.17) is 15.3 Å². The van der Waals surface area contributed by atoms with Crippen molar-refractivity contribution >= 4 is 39.6 Å². The maximum absolute atomic E-state index is 12.9. The molecule has 1 aromatic carbocycles. The lowest BCUT2D eigenvalue weighted by molar-refractivity contribution is -0.133. The smallest absolute Gasteiger partial charge is 0.414 e. The van der Waals surface area contributed by atoms with Crippen LogP contribution < -0.4 is 26.6 Å². The Morgan fingerprint density at radius 1 is 1.10 bits per heavy atom. The van der Waals surface area contributed by atoms with E-state index < -0.39 is 40.1 Å². The second-order valence-electron chi connectivity index (χ2n) is 8.63. The molecule has 0 bridgehead atoms. The van der Waals surface area contributed by atoms with Crippen molar-refractivity contribution in [2.75, 3.05) is 37.6 Å². The lowest BCUT2D eigenvalue weighted by Crippen LogP contribution is -2.40. The number of hydrogen-bond acceptors (Lipinski definition) is 9. The number of guanidine groups is 1. The average Bonchev–Trinajstić information content (AvgIpc) is 2.92. The van der Waals surface area contributed by atoms with Gasteiger partial charge in [0.15, 0.2) is 6.61 Å². The quantitative estimate of drug-likeness (QED) is 0.108. The van der Waals surface area contributed by atoms with Gasteiger partial charge in [0, 0.05) is 18.8 Å². The monoisotopic (exact) mass is 593 g/mol. The third-order valence-electron chi connectivity index (χ3n) is 5.59. The number of oxime groups is 1. The van der Waals surface area contributed by atoms with Crippen molar-refractivity contribution in [3.8, 4) is 0 Å². The van der Waals surface area contributed by atoms with Gasteiger partial charge in [-0.2, -0.15) is 0 Å². The van der Waals surface area contributed by atoms with Crippen molar-refractivity contribution in [3.05, 3.63) is 58.0 Å². The Labute approximate surface area is 237 Å². The largest absolute Gasteiger partial charge is 0.439 e. The lowest BCUT2D eigenvalue weighted by atomic mass is 10.2. The number of anilines is 1. The number of benzene rings is 1. The highest BCUT2D eigenvalue weighted by Gasteiger charge is 2.18. The highest BCUT2D eigenvalue weighted by atomic mass is 32.2. The molecule has 3 amide bonds. The van der Waals surface area contributed by atoms with Crippen LogP contribution in [-0.2, 0) is 35.7 Å². The summed E-state index contributed by atoms with van der Waals surface area (Å²) in [7, 11) is -4.02. The number of pyridine rings is 1. The third kappa shape index (κ3) is 10.1. The first-order valence-corrected chi connectivity index (χ1v) is 14.1. The first-order chi connectivity index (χ1) is 19.4. The molecule has 0 fully saturated rings. The molecule has 2 aromatic rings.